The Bertz CT molecular complexity index is 570. The van der Waals surface area contributed by atoms with Crippen LogP contribution < -0.4 is 4.74 Å². The first-order valence-corrected chi connectivity index (χ1v) is 5.07. The van der Waals surface area contributed by atoms with Crippen LogP contribution in [0.25, 0.3) is 0 Å². The average molecular weight is 223 g/mol. The number of rotatable bonds is 2. The van der Waals surface area contributed by atoms with Gasteiger partial charge in [0.05, 0.1) is 11.1 Å². The molecule has 0 saturated heterocycles. The van der Waals surface area contributed by atoms with Crippen molar-refractivity contribution in [3.63, 3.8) is 0 Å². The molecule has 3 heteroatoms. The van der Waals surface area contributed by atoms with Gasteiger partial charge in [0.15, 0.2) is 0 Å². The maximum Gasteiger partial charge on any atom is 0.343 e. The first-order valence-electron chi connectivity index (χ1n) is 5.07. The minimum atomic E-state index is -0.465. The Morgan fingerprint density at radius 3 is 2.35 bits per heavy atom. The maximum atomic E-state index is 11.8. The monoisotopic (exact) mass is 223 g/mol. The number of hydrogen-bond donors (Lipinski definition) is 0. The molecule has 17 heavy (non-hydrogen) atoms. The van der Waals surface area contributed by atoms with Crippen molar-refractivity contribution in [3.8, 4) is 11.8 Å². The van der Waals surface area contributed by atoms with E-state index in [0.29, 0.717) is 11.1 Å². The largest absolute Gasteiger partial charge is 0.422 e. The quantitative estimate of drug-likeness (QED) is 0.581. The molecule has 2 aromatic rings. The molecule has 0 unspecified atom stereocenters. The summed E-state index contributed by atoms with van der Waals surface area (Å²) in [7, 11) is 0. The van der Waals surface area contributed by atoms with Gasteiger partial charge in [0, 0.05) is 0 Å². The van der Waals surface area contributed by atoms with Crippen LogP contribution in [0.1, 0.15) is 15.9 Å². The second-order valence-electron chi connectivity index (χ2n) is 3.36. The number of nitriles is 1. The van der Waals surface area contributed by atoms with E-state index in [1.54, 1.807) is 48.5 Å². The Hall–Kier alpha value is -2.60. The van der Waals surface area contributed by atoms with Crippen molar-refractivity contribution in [3.05, 3.63) is 65.7 Å². The average Bonchev–Trinajstić information content (AvgIpc) is 2.40. The molecular weight excluding hydrogens is 214 g/mol. The van der Waals surface area contributed by atoms with E-state index in [0.717, 1.165) is 0 Å². The van der Waals surface area contributed by atoms with Crippen LogP contribution in [0.2, 0.25) is 0 Å². The topological polar surface area (TPSA) is 50.1 Å². The molecule has 0 aliphatic heterocycles. The highest BCUT2D eigenvalue weighted by Gasteiger charge is 2.10. The fourth-order valence-corrected chi connectivity index (χ4v) is 1.38. The zero-order chi connectivity index (χ0) is 12.1. The molecule has 0 N–H and O–H groups in total. The standard InChI is InChI=1S/C14H9NO2/c15-10-12-8-4-5-9-13(12)17-14(16)11-6-2-1-3-7-11/h1-9H. The fourth-order valence-electron chi connectivity index (χ4n) is 1.38. The Balaban J connectivity index is 2.23. The van der Waals surface area contributed by atoms with Crippen LogP contribution in [0.4, 0.5) is 0 Å². The molecule has 3 nitrogen and oxygen atoms in total. The summed E-state index contributed by atoms with van der Waals surface area (Å²) >= 11 is 0. The van der Waals surface area contributed by atoms with Gasteiger partial charge in [-0.2, -0.15) is 5.26 Å². The molecule has 2 rings (SSSR count). The Kier molecular flexibility index (Phi) is 3.18. The number of ether oxygens (including phenoxy) is 1. The van der Waals surface area contributed by atoms with Crippen LogP contribution >= 0.6 is 0 Å². The van der Waals surface area contributed by atoms with Gasteiger partial charge in [0.25, 0.3) is 0 Å². The van der Waals surface area contributed by atoms with Gasteiger partial charge < -0.3 is 4.74 Å². The third kappa shape index (κ3) is 2.50. The molecule has 0 atom stereocenters. The van der Waals surface area contributed by atoms with E-state index in [1.165, 1.54) is 0 Å². The molecule has 0 radical (unpaired) electrons. The molecule has 0 aliphatic carbocycles. The molecule has 0 saturated carbocycles. The smallest absolute Gasteiger partial charge is 0.343 e. The summed E-state index contributed by atoms with van der Waals surface area (Å²) in [6.45, 7) is 0. The zero-order valence-electron chi connectivity index (χ0n) is 8.96. The number of carbonyl (C=O) groups is 1. The van der Waals surface area contributed by atoms with Crippen molar-refractivity contribution in [1.29, 1.82) is 5.26 Å². The lowest BCUT2D eigenvalue weighted by atomic mass is 10.2. The van der Waals surface area contributed by atoms with Crippen molar-refractivity contribution >= 4 is 5.97 Å². The molecule has 0 spiro atoms. The van der Waals surface area contributed by atoms with Gasteiger partial charge in [-0.05, 0) is 24.3 Å². The molecule has 0 fully saturated rings. The van der Waals surface area contributed by atoms with Crippen LogP contribution in [0.15, 0.2) is 54.6 Å². The van der Waals surface area contributed by atoms with Crippen molar-refractivity contribution in [1.82, 2.24) is 0 Å². The summed E-state index contributed by atoms with van der Waals surface area (Å²) < 4.78 is 5.16. The van der Waals surface area contributed by atoms with Gasteiger partial charge in [0.2, 0.25) is 0 Å². The molecule has 0 aromatic heterocycles. The maximum absolute atomic E-state index is 11.8. The van der Waals surface area contributed by atoms with Crippen LogP contribution in [0.5, 0.6) is 5.75 Å². The summed E-state index contributed by atoms with van der Waals surface area (Å²) in [5.41, 5.74) is 0.803. The molecule has 2 aromatic carbocycles. The second-order valence-corrected chi connectivity index (χ2v) is 3.36. The predicted octanol–water partition coefficient (Wildman–Crippen LogP) is 2.78. The SMILES string of the molecule is N#Cc1ccccc1OC(=O)c1ccccc1. The van der Waals surface area contributed by atoms with Crippen molar-refractivity contribution < 1.29 is 9.53 Å². The fraction of sp³-hybridized carbons (Fsp3) is 0. The predicted molar refractivity (Wildman–Crippen MR) is 62.6 cm³/mol. The van der Waals surface area contributed by atoms with E-state index in [4.69, 9.17) is 10.00 Å². The lowest BCUT2D eigenvalue weighted by Crippen LogP contribution is -2.08. The first kappa shape index (κ1) is 10.9. The van der Waals surface area contributed by atoms with Gasteiger partial charge in [0.1, 0.15) is 11.8 Å². The first-order chi connectivity index (χ1) is 8.31. The molecule has 0 aliphatic rings. The van der Waals surface area contributed by atoms with E-state index < -0.39 is 5.97 Å². The highest BCUT2D eigenvalue weighted by atomic mass is 16.5. The van der Waals surface area contributed by atoms with Gasteiger partial charge in [-0.3, -0.25) is 0 Å². The zero-order valence-corrected chi connectivity index (χ0v) is 8.96. The van der Waals surface area contributed by atoms with Gasteiger partial charge in [-0.15, -0.1) is 0 Å². The van der Waals surface area contributed by atoms with Crippen molar-refractivity contribution in [2.45, 2.75) is 0 Å². The number of nitrogens with zero attached hydrogens (tertiary/aromatic N) is 1. The Labute approximate surface area is 98.9 Å². The lowest BCUT2D eigenvalue weighted by molar-refractivity contribution is 0.0734. The van der Waals surface area contributed by atoms with Crippen molar-refractivity contribution in [2.75, 3.05) is 0 Å². The van der Waals surface area contributed by atoms with Crippen molar-refractivity contribution in [2.24, 2.45) is 0 Å². The number of carbonyl (C=O) groups excluding carboxylic acids is 1. The third-order valence-corrected chi connectivity index (χ3v) is 2.22. The van der Waals surface area contributed by atoms with Crippen LogP contribution in [0.3, 0.4) is 0 Å². The van der Waals surface area contributed by atoms with Gasteiger partial charge >= 0.3 is 5.97 Å². The number of para-hydroxylation sites is 1. The molecule has 82 valence electrons. The summed E-state index contributed by atoms with van der Waals surface area (Å²) in [4.78, 5) is 11.8. The Morgan fingerprint density at radius 2 is 1.65 bits per heavy atom. The number of esters is 1. The minimum Gasteiger partial charge on any atom is -0.422 e. The third-order valence-electron chi connectivity index (χ3n) is 2.22. The van der Waals surface area contributed by atoms with Crippen LogP contribution in [-0.4, -0.2) is 5.97 Å². The van der Waals surface area contributed by atoms with Gasteiger partial charge in [-0.1, -0.05) is 30.3 Å². The van der Waals surface area contributed by atoms with E-state index in [-0.39, 0.29) is 5.75 Å². The molecule has 0 heterocycles. The van der Waals surface area contributed by atoms with E-state index >= 15 is 0 Å². The normalized spacial score (nSPS) is 9.35. The highest BCUT2D eigenvalue weighted by molar-refractivity contribution is 5.91. The summed E-state index contributed by atoms with van der Waals surface area (Å²) in [6.07, 6.45) is 0. The summed E-state index contributed by atoms with van der Waals surface area (Å²) in [5, 5.41) is 8.86. The van der Waals surface area contributed by atoms with Crippen LogP contribution in [0, 0.1) is 11.3 Å². The van der Waals surface area contributed by atoms with E-state index in [9.17, 15) is 4.79 Å². The highest BCUT2D eigenvalue weighted by Crippen LogP contribution is 2.18. The minimum absolute atomic E-state index is 0.281. The lowest BCUT2D eigenvalue weighted by Gasteiger charge is -2.05. The Morgan fingerprint density at radius 1 is 1.00 bits per heavy atom. The van der Waals surface area contributed by atoms with Crippen LogP contribution in [-0.2, 0) is 0 Å². The summed E-state index contributed by atoms with van der Waals surface area (Å²) in [5.74, 6) is -0.183. The van der Waals surface area contributed by atoms with Gasteiger partial charge in [-0.25, -0.2) is 4.79 Å². The molecular formula is C14H9NO2. The summed E-state index contributed by atoms with van der Waals surface area (Å²) in [6, 6.07) is 17.3. The number of hydrogen-bond acceptors (Lipinski definition) is 3. The molecule has 0 bridgehead atoms. The van der Waals surface area contributed by atoms with E-state index in [1.807, 2.05) is 12.1 Å². The second kappa shape index (κ2) is 4.95. The van der Waals surface area contributed by atoms with E-state index in [2.05, 4.69) is 0 Å². The number of benzene rings is 2. The molecule has 0 amide bonds.